The molecule has 1 N–H and O–H groups in total. The zero-order chi connectivity index (χ0) is 15.4. The molecule has 1 atom stereocenters. The molecule has 0 aliphatic heterocycles. The van der Waals surface area contributed by atoms with Crippen LogP contribution < -0.4 is 10.1 Å². The van der Waals surface area contributed by atoms with Crippen LogP contribution in [0.3, 0.4) is 0 Å². The monoisotopic (exact) mass is 415 g/mol. The van der Waals surface area contributed by atoms with E-state index < -0.39 is 0 Å². The van der Waals surface area contributed by atoms with Crippen LogP contribution in [-0.4, -0.2) is 14.2 Å². The molecule has 2 aromatic carbocycles. The number of hydrogen-bond acceptors (Lipinski definition) is 2. The summed E-state index contributed by atoms with van der Waals surface area (Å²) in [4.78, 5) is 0. The van der Waals surface area contributed by atoms with Gasteiger partial charge in [0.15, 0.2) is 0 Å². The Labute approximate surface area is 141 Å². The molecular weight excluding hydrogens is 401 g/mol. The number of likely N-dealkylation sites (N-methyl/N-ethyl adjacent to an activating group) is 1. The zero-order valence-corrected chi connectivity index (χ0v) is 15.0. The third-order valence-electron chi connectivity index (χ3n) is 3.36. The van der Waals surface area contributed by atoms with Gasteiger partial charge in [0.05, 0.1) is 11.6 Å². The van der Waals surface area contributed by atoms with Crippen molar-refractivity contribution >= 4 is 31.9 Å². The van der Waals surface area contributed by atoms with Crippen molar-refractivity contribution in [2.24, 2.45) is 0 Å². The van der Waals surface area contributed by atoms with Crippen molar-refractivity contribution in [3.05, 3.63) is 62.3 Å². The van der Waals surface area contributed by atoms with Crippen molar-refractivity contribution in [2.45, 2.75) is 12.5 Å². The van der Waals surface area contributed by atoms with E-state index >= 15 is 0 Å². The molecule has 2 rings (SSSR count). The van der Waals surface area contributed by atoms with E-state index in [9.17, 15) is 4.39 Å². The molecule has 1 unspecified atom stereocenters. The Balaban J connectivity index is 2.30. The maximum absolute atomic E-state index is 13.7. The first-order valence-corrected chi connectivity index (χ1v) is 8.08. The summed E-state index contributed by atoms with van der Waals surface area (Å²) in [5, 5.41) is 3.23. The van der Waals surface area contributed by atoms with Crippen LogP contribution >= 0.6 is 31.9 Å². The minimum atomic E-state index is -0.256. The van der Waals surface area contributed by atoms with Crippen LogP contribution in [0.15, 0.2) is 45.3 Å². The van der Waals surface area contributed by atoms with Crippen LogP contribution in [0.4, 0.5) is 4.39 Å². The van der Waals surface area contributed by atoms with Crippen molar-refractivity contribution in [3.8, 4) is 5.75 Å². The van der Waals surface area contributed by atoms with Gasteiger partial charge in [0.25, 0.3) is 0 Å². The van der Waals surface area contributed by atoms with Gasteiger partial charge in [-0.05, 0) is 70.9 Å². The minimum Gasteiger partial charge on any atom is -0.496 e. The molecule has 0 radical (unpaired) electrons. The molecular formula is C16H16Br2FNO. The SMILES string of the molecule is CNC(Cc1cc(Br)ccc1OC)c1ccc(Br)c(F)c1. The summed E-state index contributed by atoms with van der Waals surface area (Å²) in [6.45, 7) is 0. The van der Waals surface area contributed by atoms with E-state index in [0.29, 0.717) is 10.9 Å². The van der Waals surface area contributed by atoms with Gasteiger partial charge in [0.1, 0.15) is 11.6 Å². The van der Waals surface area contributed by atoms with Gasteiger partial charge in [-0.3, -0.25) is 0 Å². The number of benzene rings is 2. The van der Waals surface area contributed by atoms with Gasteiger partial charge in [-0.25, -0.2) is 4.39 Å². The molecule has 2 nitrogen and oxygen atoms in total. The Morgan fingerprint density at radius 3 is 2.57 bits per heavy atom. The standard InChI is InChI=1S/C16H16Br2FNO/c1-20-15(10-3-5-13(18)14(19)8-10)9-11-7-12(17)4-6-16(11)21-2/h3-8,15,20H,9H2,1-2H3. The van der Waals surface area contributed by atoms with E-state index in [1.54, 1.807) is 19.2 Å². The smallest absolute Gasteiger partial charge is 0.137 e. The highest BCUT2D eigenvalue weighted by atomic mass is 79.9. The van der Waals surface area contributed by atoms with Gasteiger partial charge in [0, 0.05) is 10.5 Å². The maximum Gasteiger partial charge on any atom is 0.137 e. The summed E-state index contributed by atoms with van der Waals surface area (Å²) in [6, 6.07) is 11.1. The third kappa shape index (κ3) is 4.05. The van der Waals surface area contributed by atoms with Crippen LogP contribution in [-0.2, 0) is 6.42 Å². The maximum atomic E-state index is 13.7. The topological polar surface area (TPSA) is 21.3 Å². The van der Waals surface area contributed by atoms with Crippen molar-refractivity contribution in [3.63, 3.8) is 0 Å². The Kier molecular flexibility index (Phi) is 5.79. The second kappa shape index (κ2) is 7.38. The number of hydrogen-bond donors (Lipinski definition) is 1. The van der Waals surface area contributed by atoms with E-state index in [4.69, 9.17) is 4.74 Å². The molecule has 112 valence electrons. The van der Waals surface area contributed by atoms with Crippen molar-refractivity contribution in [1.29, 1.82) is 0 Å². The van der Waals surface area contributed by atoms with Crippen LogP contribution in [0.2, 0.25) is 0 Å². The summed E-state index contributed by atoms with van der Waals surface area (Å²) in [7, 11) is 3.52. The summed E-state index contributed by atoms with van der Waals surface area (Å²) in [6.07, 6.45) is 0.709. The highest BCUT2D eigenvalue weighted by Gasteiger charge is 2.15. The van der Waals surface area contributed by atoms with Crippen molar-refractivity contribution < 1.29 is 9.13 Å². The van der Waals surface area contributed by atoms with Gasteiger partial charge in [-0.15, -0.1) is 0 Å². The first kappa shape index (κ1) is 16.5. The fraction of sp³-hybridized carbons (Fsp3) is 0.250. The lowest BCUT2D eigenvalue weighted by Crippen LogP contribution is -2.19. The van der Waals surface area contributed by atoms with Crippen molar-refractivity contribution in [2.75, 3.05) is 14.2 Å². The van der Waals surface area contributed by atoms with E-state index in [2.05, 4.69) is 37.2 Å². The lowest BCUT2D eigenvalue weighted by atomic mass is 9.98. The molecule has 21 heavy (non-hydrogen) atoms. The highest BCUT2D eigenvalue weighted by Crippen LogP contribution is 2.29. The first-order chi connectivity index (χ1) is 10.0. The molecule has 0 heterocycles. The number of halogens is 3. The van der Waals surface area contributed by atoms with Gasteiger partial charge in [-0.2, -0.15) is 0 Å². The summed E-state index contributed by atoms with van der Waals surface area (Å²) in [5.41, 5.74) is 1.97. The fourth-order valence-corrected chi connectivity index (χ4v) is 2.90. The fourth-order valence-electron chi connectivity index (χ4n) is 2.24. The highest BCUT2D eigenvalue weighted by molar-refractivity contribution is 9.10. The summed E-state index contributed by atoms with van der Waals surface area (Å²) >= 11 is 6.65. The average Bonchev–Trinajstić information content (AvgIpc) is 2.48. The molecule has 0 bridgehead atoms. The van der Waals surface area contributed by atoms with Crippen LogP contribution in [0.5, 0.6) is 5.75 Å². The Morgan fingerprint density at radius 2 is 1.95 bits per heavy atom. The normalized spacial score (nSPS) is 12.2. The third-order valence-corrected chi connectivity index (χ3v) is 4.50. The second-order valence-electron chi connectivity index (χ2n) is 4.68. The molecule has 0 aromatic heterocycles. The molecule has 0 fully saturated rings. The van der Waals surface area contributed by atoms with Crippen molar-refractivity contribution in [1.82, 2.24) is 5.32 Å². The molecule has 0 saturated carbocycles. The number of ether oxygens (including phenoxy) is 1. The molecule has 2 aromatic rings. The molecule has 0 spiro atoms. The average molecular weight is 417 g/mol. The first-order valence-electron chi connectivity index (χ1n) is 6.49. The van der Waals surface area contributed by atoms with E-state index in [0.717, 1.165) is 21.3 Å². The quantitative estimate of drug-likeness (QED) is 0.751. The lowest BCUT2D eigenvalue weighted by Gasteiger charge is -2.19. The van der Waals surface area contributed by atoms with Crippen LogP contribution in [0.1, 0.15) is 17.2 Å². The second-order valence-corrected chi connectivity index (χ2v) is 6.45. The van der Waals surface area contributed by atoms with E-state index in [1.165, 1.54) is 0 Å². The Bertz CT molecular complexity index is 634. The summed E-state index contributed by atoms with van der Waals surface area (Å²) < 4.78 is 20.6. The number of rotatable bonds is 5. The van der Waals surface area contributed by atoms with E-state index in [-0.39, 0.29) is 11.9 Å². The largest absolute Gasteiger partial charge is 0.496 e. The lowest BCUT2D eigenvalue weighted by molar-refractivity contribution is 0.406. The van der Waals surface area contributed by atoms with Gasteiger partial charge >= 0.3 is 0 Å². The van der Waals surface area contributed by atoms with E-state index in [1.807, 2.05) is 31.3 Å². The Morgan fingerprint density at radius 1 is 1.19 bits per heavy atom. The zero-order valence-electron chi connectivity index (χ0n) is 11.8. The predicted octanol–water partition coefficient (Wildman–Crippen LogP) is 4.86. The van der Waals surface area contributed by atoms with Gasteiger partial charge in [-0.1, -0.05) is 22.0 Å². The van der Waals surface area contributed by atoms with Gasteiger partial charge < -0.3 is 10.1 Å². The van der Waals surface area contributed by atoms with Crippen LogP contribution in [0, 0.1) is 5.82 Å². The molecule has 0 aliphatic carbocycles. The number of nitrogens with one attached hydrogen (secondary N) is 1. The molecule has 0 amide bonds. The van der Waals surface area contributed by atoms with Gasteiger partial charge in [0.2, 0.25) is 0 Å². The molecule has 0 saturated heterocycles. The molecule has 0 aliphatic rings. The predicted molar refractivity (Wildman–Crippen MR) is 90.3 cm³/mol. The van der Waals surface area contributed by atoms with Crippen LogP contribution in [0.25, 0.3) is 0 Å². The summed E-state index contributed by atoms with van der Waals surface area (Å²) in [5.74, 6) is 0.574. The minimum absolute atomic E-state index is 0.01000. The molecule has 5 heteroatoms. The number of methoxy groups -OCH3 is 1. The Hall–Kier alpha value is -0.910.